The lowest BCUT2D eigenvalue weighted by Gasteiger charge is -2.10. The van der Waals surface area contributed by atoms with E-state index < -0.39 is 5.97 Å². The predicted molar refractivity (Wildman–Crippen MR) is 117 cm³/mol. The van der Waals surface area contributed by atoms with Gasteiger partial charge >= 0.3 is 5.97 Å². The molecule has 0 spiro atoms. The molecule has 0 saturated carbocycles. The van der Waals surface area contributed by atoms with Crippen LogP contribution in [0.3, 0.4) is 0 Å². The fraction of sp³-hybridized carbons (Fsp3) is 0.211. The summed E-state index contributed by atoms with van der Waals surface area (Å²) in [5.41, 5.74) is 2.51. The number of esters is 1. The highest BCUT2D eigenvalue weighted by Gasteiger charge is 2.17. The van der Waals surface area contributed by atoms with Crippen LogP contribution in [0.1, 0.15) is 22.2 Å². The van der Waals surface area contributed by atoms with Crippen LogP contribution in [0.15, 0.2) is 42.2 Å². The van der Waals surface area contributed by atoms with E-state index in [9.17, 15) is 4.79 Å². The number of benzene rings is 1. The van der Waals surface area contributed by atoms with Gasteiger partial charge in [-0.25, -0.2) is 19.7 Å². The minimum atomic E-state index is -0.455. The Hall–Kier alpha value is -3.31. The summed E-state index contributed by atoms with van der Waals surface area (Å²) in [6.45, 7) is 2.37. The van der Waals surface area contributed by atoms with Crippen molar-refractivity contribution in [3.63, 3.8) is 0 Å². The summed E-state index contributed by atoms with van der Waals surface area (Å²) >= 11 is 6.41. The number of hydrogen-bond donors (Lipinski definition) is 2. The van der Waals surface area contributed by atoms with Crippen molar-refractivity contribution in [1.29, 1.82) is 0 Å². The molecule has 0 amide bonds. The van der Waals surface area contributed by atoms with Crippen LogP contribution in [-0.2, 0) is 11.3 Å². The normalized spacial score (nSPS) is 10.2. The highest BCUT2D eigenvalue weighted by molar-refractivity contribution is 7.80. The molecule has 30 heavy (non-hydrogen) atoms. The van der Waals surface area contributed by atoms with Crippen molar-refractivity contribution in [3.8, 4) is 11.6 Å². The van der Waals surface area contributed by atoms with E-state index in [0.717, 1.165) is 11.3 Å². The van der Waals surface area contributed by atoms with Crippen LogP contribution in [-0.4, -0.2) is 39.8 Å². The molecular weight excluding hydrogens is 426 g/mol. The van der Waals surface area contributed by atoms with Crippen LogP contribution in [0.5, 0.6) is 11.6 Å². The molecule has 2 heterocycles. The maximum atomic E-state index is 11.9. The first-order valence-corrected chi connectivity index (χ1v) is 10.1. The number of nitrogens with one attached hydrogen (secondary N) is 2. The van der Waals surface area contributed by atoms with Gasteiger partial charge in [-0.3, -0.25) is 0 Å². The molecule has 0 aliphatic carbocycles. The zero-order chi connectivity index (χ0) is 21.3. The Labute approximate surface area is 182 Å². The Balaban J connectivity index is 1.52. The first-order chi connectivity index (χ1) is 14.6. The van der Waals surface area contributed by atoms with Gasteiger partial charge in [0.15, 0.2) is 21.6 Å². The summed E-state index contributed by atoms with van der Waals surface area (Å²) in [6, 6.07) is 7.55. The lowest BCUT2D eigenvalue weighted by molar-refractivity contribution is 0.0533. The molecule has 0 atom stereocenters. The smallest absolute Gasteiger partial charge is 0.352 e. The standard InChI is InChI=1S/C19H19N5O4S2/c1-3-27-18(25)16-17(22-11-30-16)24-19(29)23-14-8-21-15(9-20-14)28-10-12-4-6-13(26-2)7-5-12/h4-9,11H,3,10H2,1-2H3,(H2,20,23,24,29). The van der Waals surface area contributed by atoms with Crippen LogP contribution in [0.25, 0.3) is 0 Å². The van der Waals surface area contributed by atoms with Gasteiger partial charge < -0.3 is 24.8 Å². The van der Waals surface area contributed by atoms with Crippen molar-refractivity contribution in [2.75, 3.05) is 24.4 Å². The number of thiazole rings is 1. The summed E-state index contributed by atoms with van der Waals surface area (Å²) in [5, 5.41) is 5.96. The number of nitrogens with zero attached hydrogens (tertiary/aromatic N) is 3. The molecule has 1 aromatic carbocycles. The fourth-order valence-corrected chi connectivity index (χ4v) is 3.10. The SMILES string of the molecule is CCOC(=O)c1scnc1NC(=S)Nc1cnc(OCc2ccc(OC)cc2)cn1. The molecule has 0 aliphatic heterocycles. The Kier molecular flexibility index (Phi) is 7.46. The van der Waals surface area contributed by atoms with Gasteiger partial charge in [0.2, 0.25) is 5.88 Å². The third kappa shape index (κ3) is 5.84. The molecule has 3 aromatic rings. The molecule has 156 valence electrons. The minimum Gasteiger partial charge on any atom is -0.497 e. The molecule has 0 unspecified atom stereocenters. The van der Waals surface area contributed by atoms with Crippen molar-refractivity contribution in [1.82, 2.24) is 15.0 Å². The zero-order valence-corrected chi connectivity index (χ0v) is 17.9. The fourth-order valence-electron chi connectivity index (χ4n) is 2.27. The average molecular weight is 446 g/mol. The number of ether oxygens (including phenoxy) is 3. The van der Waals surface area contributed by atoms with Gasteiger partial charge in [0.05, 0.1) is 31.6 Å². The maximum Gasteiger partial charge on any atom is 0.352 e. The molecule has 3 rings (SSSR count). The number of aromatic nitrogens is 3. The monoisotopic (exact) mass is 445 g/mol. The first kappa shape index (κ1) is 21.4. The number of carbonyl (C=O) groups is 1. The van der Waals surface area contributed by atoms with E-state index in [-0.39, 0.29) is 11.7 Å². The molecule has 0 bridgehead atoms. The molecule has 0 radical (unpaired) electrons. The van der Waals surface area contributed by atoms with E-state index in [1.807, 2.05) is 24.3 Å². The van der Waals surface area contributed by atoms with Crippen LogP contribution in [0.4, 0.5) is 11.6 Å². The third-order valence-corrected chi connectivity index (χ3v) is 4.69. The Morgan fingerprint density at radius 1 is 1.13 bits per heavy atom. The summed E-state index contributed by atoms with van der Waals surface area (Å²) in [7, 11) is 1.62. The van der Waals surface area contributed by atoms with Crippen molar-refractivity contribution < 1.29 is 19.0 Å². The van der Waals surface area contributed by atoms with Gasteiger partial charge in [-0.15, -0.1) is 11.3 Å². The lowest BCUT2D eigenvalue weighted by atomic mass is 10.2. The number of methoxy groups -OCH3 is 1. The number of carbonyl (C=O) groups excluding carboxylic acids is 1. The van der Waals surface area contributed by atoms with Crippen LogP contribution >= 0.6 is 23.6 Å². The van der Waals surface area contributed by atoms with Crippen molar-refractivity contribution in [2.24, 2.45) is 0 Å². The zero-order valence-electron chi connectivity index (χ0n) is 16.2. The molecule has 0 saturated heterocycles. The Morgan fingerprint density at radius 2 is 1.93 bits per heavy atom. The molecule has 11 heteroatoms. The first-order valence-electron chi connectivity index (χ1n) is 8.85. The van der Waals surface area contributed by atoms with Crippen molar-refractivity contribution in [3.05, 3.63) is 52.6 Å². The van der Waals surface area contributed by atoms with Crippen LogP contribution < -0.4 is 20.1 Å². The number of rotatable bonds is 8. The van der Waals surface area contributed by atoms with Gasteiger partial charge in [-0.2, -0.15) is 0 Å². The Bertz CT molecular complexity index is 993. The van der Waals surface area contributed by atoms with Crippen molar-refractivity contribution in [2.45, 2.75) is 13.5 Å². The average Bonchev–Trinajstić information content (AvgIpc) is 3.22. The summed E-state index contributed by atoms with van der Waals surface area (Å²) in [4.78, 5) is 24.8. The van der Waals surface area contributed by atoms with Gasteiger partial charge in [0, 0.05) is 0 Å². The summed E-state index contributed by atoms with van der Waals surface area (Å²) in [5.74, 6) is 1.44. The lowest BCUT2D eigenvalue weighted by Crippen LogP contribution is -2.21. The Morgan fingerprint density at radius 3 is 2.60 bits per heavy atom. The number of thiocarbonyl (C=S) groups is 1. The predicted octanol–water partition coefficient (Wildman–Crippen LogP) is 3.51. The molecular formula is C19H19N5O4S2. The van der Waals surface area contributed by atoms with Crippen LogP contribution in [0.2, 0.25) is 0 Å². The van der Waals surface area contributed by atoms with E-state index in [1.54, 1.807) is 14.0 Å². The molecule has 0 fully saturated rings. The van der Waals surface area contributed by atoms with E-state index in [4.69, 9.17) is 26.4 Å². The molecule has 9 nitrogen and oxygen atoms in total. The quantitative estimate of drug-likeness (QED) is 0.395. The topological polar surface area (TPSA) is 107 Å². The highest BCUT2D eigenvalue weighted by Crippen LogP contribution is 2.20. The maximum absolute atomic E-state index is 11.9. The molecule has 2 aromatic heterocycles. The van der Waals surface area contributed by atoms with Gasteiger partial charge in [0.1, 0.15) is 12.4 Å². The van der Waals surface area contributed by atoms with E-state index >= 15 is 0 Å². The van der Waals surface area contributed by atoms with Gasteiger partial charge in [0.25, 0.3) is 0 Å². The highest BCUT2D eigenvalue weighted by atomic mass is 32.1. The minimum absolute atomic E-state index is 0.215. The van der Waals surface area contributed by atoms with E-state index in [1.165, 1.54) is 29.2 Å². The summed E-state index contributed by atoms with van der Waals surface area (Å²) in [6.07, 6.45) is 2.98. The summed E-state index contributed by atoms with van der Waals surface area (Å²) < 4.78 is 15.7. The second kappa shape index (κ2) is 10.5. The van der Waals surface area contributed by atoms with E-state index in [0.29, 0.717) is 29.0 Å². The van der Waals surface area contributed by atoms with Gasteiger partial charge in [-0.05, 0) is 36.8 Å². The van der Waals surface area contributed by atoms with Gasteiger partial charge in [-0.1, -0.05) is 12.1 Å². The third-order valence-electron chi connectivity index (χ3n) is 3.68. The molecule has 2 N–H and O–H groups in total. The number of hydrogen-bond acceptors (Lipinski definition) is 9. The van der Waals surface area contributed by atoms with E-state index in [2.05, 4.69) is 25.6 Å². The molecule has 0 aliphatic rings. The van der Waals surface area contributed by atoms with Crippen LogP contribution in [0, 0.1) is 0 Å². The number of anilines is 2. The second-order valence-electron chi connectivity index (χ2n) is 5.71. The van der Waals surface area contributed by atoms with Crippen molar-refractivity contribution >= 4 is 46.3 Å². The largest absolute Gasteiger partial charge is 0.497 e. The second-order valence-corrected chi connectivity index (χ2v) is 6.97.